The molecule has 0 spiro atoms. The molecule has 6 nitrogen and oxygen atoms in total. The van der Waals surface area contributed by atoms with Gasteiger partial charge < -0.3 is 14.2 Å². The zero-order valence-electron chi connectivity index (χ0n) is 21.2. The van der Waals surface area contributed by atoms with Crippen molar-refractivity contribution in [1.82, 2.24) is 0 Å². The second kappa shape index (κ2) is 14.7. The Balaban J connectivity index is 1.63. The maximum absolute atomic E-state index is 12.4. The molecule has 6 heteroatoms. The maximum atomic E-state index is 12.4. The molecular formula is C33H22O6. The van der Waals surface area contributed by atoms with Crippen LogP contribution in [0.2, 0.25) is 0 Å². The lowest BCUT2D eigenvalue weighted by atomic mass is 10.1. The lowest BCUT2D eigenvalue weighted by molar-refractivity contribution is -0.110. The van der Waals surface area contributed by atoms with Gasteiger partial charge in [0, 0.05) is 11.5 Å². The molecule has 0 fully saturated rings. The van der Waals surface area contributed by atoms with Gasteiger partial charge in [-0.05, 0) is 89.4 Å². The molecule has 0 saturated carbocycles. The Morgan fingerprint density at radius 3 is 2.10 bits per heavy atom. The molecule has 3 rings (SSSR count). The largest absolute Gasteiger partial charge is 0.493 e. The van der Waals surface area contributed by atoms with Crippen molar-refractivity contribution in [2.45, 2.75) is 6.92 Å². The molecule has 0 N–H and O–H groups in total. The lowest BCUT2D eigenvalue weighted by Crippen LogP contribution is -2.09. The number of aryl methyl sites for hydroxylation is 1. The third kappa shape index (κ3) is 8.99. The number of ether oxygens (including phenoxy) is 3. The van der Waals surface area contributed by atoms with Gasteiger partial charge in [-0.25, -0.2) is 9.59 Å². The van der Waals surface area contributed by atoms with Gasteiger partial charge in [0.05, 0.1) is 12.7 Å². The zero-order chi connectivity index (χ0) is 27.9. The van der Waals surface area contributed by atoms with Gasteiger partial charge >= 0.3 is 5.97 Å². The summed E-state index contributed by atoms with van der Waals surface area (Å²) in [6, 6.07) is 19.1. The third-order valence-corrected chi connectivity index (χ3v) is 5.03. The van der Waals surface area contributed by atoms with Crippen LogP contribution in [0.25, 0.3) is 12.2 Å². The van der Waals surface area contributed by atoms with Crippen molar-refractivity contribution in [2.75, 3.05) is 7.11 Å². The fraction of sp³-hybridized carbons (Fsp3) is 0.0606. The van der Waals surface area contributed by atoms with Crippen molar-refractivity contribution in [3.8, 4) is 17.2 Å². The minimum absolute atomic E-state index is 0.210. The molecule has 0 unspecified atom stereocenters. The smallest absolute Gasteiger partial charge is 0.343 e. The van der Waals surface area contributed by atoms with Gasteiger partial charge in [-0.2, -0.15) is 0 Å². The van der Waals surface area contributed by atoms with Crippen molar-refractivity contribution in [3.05, 3.63) is 136 Å². The van der Waals surface area contributed by atoms with E-state index >= 15 is 0 Å². The summed E-state index contributed by atoms with van der Waals surface area (Å²) >= 11 is 0. The minimum Gasteiger partial charge on any atom is -0.493 e. The second-order valence-electron chi connectivity index (χ2n) is 7.74. The predicted molar refractivity (Wildman–Crippen MR) is 147 cm³/mol. The van der Waals surface area contributed by atoms with Crippen LogP contribution in [0.5, 0.6) is 17.2 Å². The Morgan fingerprint density at radius 1 is 0.769 bits per heavy atom. The summed E-state index contributed by atoms with van der Waals surface area (Å²) in [5.41, 5.74) is 14.6. The van der Waals surface area contributed by atoms with Crippen LogP contribution in [0.3, 0.4) is 0 Å². The molecule has 190 valence electrons. The quantitative estimate of drug-likeness (QED) is 0.0868. The van der Waals surface area contributed by atoms with Crippen molar-refractivity contribution < 1.29 is 28.6 Å². The Morgan fingerprint density at radius 2 is 1.44 bits per heavy atom. The van der Waals surface area contributed by atoms with E-state index in [9.17, 15) is 14.4 Å². The van der Waals surface area contributed by atoms with Crippen LogP contribution in [0.4, 0.5) is 0 Å². The van der Waals surface area contributed by atoms with E-state index in [1.807, 2.05) is 24.8 Å². The minimum atomic E-state index is -0.492. The van der Waals surface area contributed by atoms with Crippen LogP contribution in [0, 0.1) is 6.92 Å². The highest BCUT2D eigenvalue weighted by Gasteiger charge is 2.12. The van der Waals surface area contributed by atoms with Crippen LogP contribution < -0.4 is 14.2 Å². The summed E-state index contributed by atoms with van der Waals surface area (Å²) in [6.45, 7) is 1.87. The van der Waals surface area contributed by atoms with E-state index in [1.54, 1.807) is 66.7 Å². The number of carbonyl (C=O) groups is 2. The summed E-state index contributed by atoms with van der Waals surface area (Å²) in [7, 11) is 1.48. The van der Waals surface area contributed by atoms with E-state index in [0.717, 1.165) is 11.1 Å². The SMILES string of the molecule is COc1cc(/C=C/C(=O)/C=C/c2ccc(OC=C=C=C=C=C=C=O)c(C)c2)ccc1OC(=O)c1ccccc1. The van der Waals surface area contributed by atoms with Gasteiger partial charge in [0.2, 0.25) is 0 Å². The van der Waals surface area contributed by atoms with E-state index in [0.29, 0.717) is 22.6 Å². The summed E-state index contributed by atoms with van der Waals surface area (Å²) in [6.07, 6.45) is 7.53. The first kappa shape index (κ1) is 27.8. The molecule has 0 aliphatic rings. The lowest BCUT2D eigenvalue weighted by Gasteiger charge is -2.10. The predicted octanol–water partition coefficient (Wildman–Crippen LogP) is 6.02. The highest BCUT2D eigenvalue weighted by Crippen LogP contribution is 2.29. The second-order valence-corrected chi connectivity index (χ2v) is 7.74. The Kier molecular flexibility index (Phi) is 10.5. The maximum Gasteiger partial charge on any atom is 0.343 e. The van der Waals surface area contributed by atoms with E-state index < -0.39 is 5.97 Å². The van der Waals surface area contributed by atoms with Crippen molar-refractivity contribution >= 4 is 29.8 Å². The van der Waals surface area contributed by atoms with E-state index in [1.165, 1.54) is 31.5 Å². The molecule has 0 saturated heterocycles. The van der Waals surface area contributed by atoms with Crippen LogP contribution >= 0.6 is 0 Å². The number of esters is 1. The Bertz CT molecular complexity index is 1660. The Labute approximate surface area is 225 Å². The average molecular weight is 515 g/mol. The summed E-state index contributed by atoms with van der Waals surface area (Å²) in [4.78, 5) is 34.7. The molecule has 0 heterocycles. The van der Waals surface area contributed by atoms with Crippen LogP contribution in [-0.2, 0) is 9.59 Å². The molecular weight excluding hydrogens is 492 g/mol. The number of allylic oxidation sites excluding steroid dienone is 2. The summed E-state index contributed by atoms with van der Waals surface area (Å²) in [5, 5.41) is 0. The third-order valence-electron chi connectivity index (χ3n) is 5.03. The van der Waals surface area contributed by atoms with Crippen LogP contribution in [0.15, 0.2) is 114 Å². The van der Waals surface area contributed by atoms with Crippen LogP contribution in [-0.4, -0.2) is 24.8 Å². The number of rotatable bonds is 9. The molecule has 39 heavy (non-hydrogen) atoms. The first-order valence-corrected chi connectivity index (χ1v) is 11.6. The molecule has 0 aromatic heterocycles. The fourth-order valence-electron chi connectivity index (χ4n) is 3.17. The molecule has 3 aromatic rings. The molecule has 0 radical (unpaired) electrons. The summed E-state index contributed by atoms with van der Waals surface area (Å²) in [5.74, 6) is 1.96. The van der Waals surface area contributed by atoms with E-state index in [-0.39, 0.29) is 11.5 Å². The fourth-order valence-corrected chi connectivity index (χ4v) is 3.17. The zero-order valence-corrected chi connectivity index (χ0v) is 21.2. The number of methoxy groups -OCH3 is 1. The topological polar surface area (TPSA) is 78.9 Å². The van der Waals surface area contributed by atoms with Gasteiger partial charge in [0.1, 0.15) is 12.0 Å². The molecule has 3 aromatic carbocycles. The highest BCUT2D eigenvalue weighted by atomic mass is 16.6. The highest BCUT2D eigenvalue weighted by molar-refractivity contribution is 6.04. The average Bonchev–Trinajstić information content (AvgIpc) is 2.96. The number of ketones is 1. The molecule has 0 aliphatic heterocycles. The van der Waals surface area contributed by atoms with E-state index in [4.69, 9.17) is 14.2 Å². The van der Waals surface area contributed by atoms with Crippen molar-refractivity contribution in [1.29, 1.82) is 0 Å². The van der Waals surface area contributed by atoms with Gasteiger partial charge in [-0.3, -0.25) is 4.79 Å². The van der Waals surface area contributed by atoms with Crippen molar-refractivity contribution in [3.63, 3.8) is 0 Å². The first-order valence-electron chi connectivity index (χ1n) is 11.6. The summed E-state index contributed by atoms with van der Waals surface area (Å²) < 4.78 is 16.3. The molecule has 0 bridgehead atoms. The van der Waals surface area contributed by atoms with Crippen molar-refractivity contribution in [2.24, 2.45) is 0 Å². The standard InChI is InChI=1S/C33H22O6/c1-25-23-26(15-19-30(25)38-22-10-5-3-4-9-21-34)13-17-29(35)18-14-27-16-20-31(32(24-27)37-2)39-33(36)28-11-7-6-8-12-28/h6-8,11-20,22-24H,1-2H3/b17-13+,18-14+. The monoisotopic (exact) mass is 514 g/mol. The van der Waals surface area contributed by atoms with E-state index in [2.05, 4.69) is 22.9 Å². The van der Waals surface area contributed by atoms with Gasteiger partial charge in [-0.15, -0.1) is 0 Å². The Hall–Kier alpha value is -5.77. The van der Waals surface area contributed by atoms with Crippen LogP contribution in [0.1, 0.15) is 27.0 Å². The first-order chi connectivity index (χ1) is 19.0. The van der Waals surface area contributed by atoms with Gasteiger partial charge in [0.25, 0.3) is 0 Å². The number of hydrogen-bond donors (Lipinski definition) is 0. The number of hydrogen-bond acceptors (Lipinski definition) is 6. The molecule has 0 amide bonds. The number of carbonyl (C=O) groups excluding carboxylic acids is 3. The molecule has 0 aliphatic carbocycles. The van der Waals surface area contributed by atoms with Gasteiger partial charge in [0.15, 0.2) is 23.2 Å². The normalized spacial score (nSPS) is 9.79. The van der Waals surface area contributed by atoms with Gasteiger partial charge in [-0.1, -0.05) is 42.5 Å². The molecule has 0 atom stereocenters. The number of benzene rings is 3.